The van der Waals surface area contributed by atoms with Crippen molar-refractivity contribution < 1.29 is 9.90 Å². The molecule has 1 aromatic heterocycles. The molecule has 7 heteroatoms. The number of carbonyl (C=O) groups excluding carboxylic acids is 1. The van der Waals surface area contributed by atoms with Gasteiger partial charge in [0.15, 0.2) is 0 Å². The number of aromatic nitrogens is 2. The standard InChI is InChI=1S/C20H26N4O2S/c1-20(2,26)16-11-17(22-24(16)3)27-23-19(25)21-18-14-8-4-6-12(14)10-13-7-5-9-15(13)18/h10-11,26H,4-9H2,1-3H3,(H2,21,23,25). The number of amides is 2. The molecule has 1 aromatic carbocycles. The fourth-order valence-electron chi connectivity index (χ4n) is 4.27. The van der Waals surface area contributed by atoms with Crippen molar-refractivity contribution in [1.82, 2.24) is 14.5 Å². The molecule has 6 nitrogen and oxygen atoms in total. The minimum absolute atomic E-state index is 0.232. The molecule has 1 heterocycles. The van der Waals surface area contributed by atoms with Crippen LogP contribution in [0.25, 0.3) is 0 Å². The largest absolute Gasteiger partial charge is 0.384 e. The van der Waals surface area contributed by atoms with Crippen LogP contribution >= 0.6 is 11.9 Å². The van der Waals surface area contributed by atoms with Crippen LogP contribution in [-0.4, -0.2) is 20.9 Å². The minimum atomic E-state index is -0.978. The molecule has 2 aliphatic carbocycles. The number of aryl methyl sites for hydroxylation is 3. The normalized spacial score (nSPS) is 15.6. The lowest BCUT2D eigenvalue weighted by Gasteiger charge is -2.16. The van der Waals surface area contributed by atoms with Crippen LogP contribution in [-0.2, 0) is 38.3 Å². The number of benzene rings is 1. The van der Waals surface area contributed by atoms with E-state index in [1.54, 1.807) is 31.6 Å². The summed E-state index contributed by atoms with van der Waals surface area (Å²) >= 11 is 1.16. The monoisotopic (exact) mass is 386 g/mol. The Labute approximate surface area is 163 Å². The number of nitrogens with zero attached hydrogens (tertiary/aromatic N) is 2. The molecule has 0 bridgehead atoms. The Bertz CT molecular complexity index is 866. The second-order valence-corrected chi connectivity index (χ2v) is 8.77. The van der Waals surface area contributed by atoms with Gasteiger partial charge in [0.05, 0.1) is 5.69 Å². The second-order valence-electron chi connectivity index (χ2n) is 7.94. The van der Waals surface area contributed by atoms with Crippen molar-refractivity contribution in [2.24, 2.45) is 7.05 Å². The molecule has 3 N–H and O–H groups in total. The fourth-order valence-corrected chi connectivity index (χ4v) is 4.85. The van der Waals surface area contributed by atoms with Crippen molar-refractivity contribution in [2.45, 2.75) is 63.0 Å². The van der Waals surface area contributed by atoms with Crippen molar-refractivity contribution in [1.29, 1.82) is 0 Å². The number of urea groups is 1. The smallest absolute Gasteiger partial charge is 0.329 e. The molecule has 4 rings (SSSR count). The molecule has 0 saturated carbocycles. The average molecular weight is 387 g/mol. The van der Waals surface area contributed by atoms with Crippen molar-refractivity contribution in [2.75, 3.05) is 5.32 Å². The van der Waals surface area contributed by atoms with Gasteiger partial charge in [-0.3, -0.25) is 9.40 Å². The summed E-state index contributed by atoms with van der Waals surface area (Å²) in [5.74, 6) is 0. The third-order valence-electron chi connectivity index (χ3n) is 5.44. The average Bonchev–Trinajstić information content (AvgIpc) is 3.30. The van der Waals surface area contributed by atoms with Crippen LogP contribution in [0.3, 0.4) is 0 Å². The topological polar surface area (TPSA) is 79.2 Å². The third-order valence-corrected chi connectivity index (χ3v) is 6.14. The zero-order valence-electron chi connectivity index (χ0n) is 16.1. The summed E-state index contributed by atoms with van der Waals surface area (Å²) in [5, 5.41) is 18.3. The van der Waals surface area contributed by atoms with Gasteiger partial charge in [-0.15, -0.1) is 0 Å². The number of hydrogen-bond donors (Lipinski definition) is 3. The lowest BCUT2D eigenvalue weighted by Crippen LogP contribution is -2.24. The molecule has 0 spiro atoms. The highest BCUT2D eigenvalue weighted by Crippen LogP contribution is 2.38. The summed E-state index contributed by atoms with van der Waals surface area (Å²) in [6.45, 7) is 3.43. The van der Waals surface area contributed by atoms with Crippen LogP contribution in [0.5, 0.6) is 0 Å². The molecule has 27 heavy (non-hydrogen) atoms. The zero-order valence-corrected chi connectivity index (χ0v) is 16.9. The summed E-state index contributed by atoms with van der Waals surface area (Å²) in [6, 6.07) is 3.92. The van der Waals surface area contributed by atoms with Gasteiger partial charge in [-0.2, -0.15) is 5.10 Å². The van der Waals surface area contributed by atoms with Crippen LogP contribution < -0.4 is 10.0 Å². The Kier molecular flexibility index (Phi) is 4.68. The molecule has 2 aromatic rings. The van der Waals surface area contributed by atoms with E-state index in [-0.39, 0.29) is 6.03 Å². The highest BCUT2D eigenvalue weighted by Gasteiger charge is 2.25. The van der Waals surface area contributed by atoms with Crippen LogP contribution in [0.15, 0.2) is 17.2 Å². The van der Waals surface area contributed by atoms with Gasteiger partial charge in [0.2, 0.25) is 0 Å². The van der Waals surface area contributed by atoms with Gasteiger partial charge in [0, 0.05) is 24.7 Å². The van der Waals surface area contributed by atoms with Gasteiger partial charge in [0.25, 0.3) is 0 Å². The summed E-state index contributed by atoms with van der Waals surface area (Å²) in [6.07, 6.45) is 6.64. The molecule has 2 amide bonds. The van der Waals surface area contributed by atoms with E-state index in [0.717, 1.165) is 56.2 Å². The Hall–Kier alpha value is -1.99. The van der Waals surface area contributed by atoms with Gasteiger partial charge in [-0.1, -0.05) is 6.07 Å². The van der Waals surface area contributed by atoms with Crippen molar-refractivity contribution >= 4 is 23.7 Å². The third kappa shape index (κ3) is 3.58. The fraction of sp³-hybridized carbons (Fsp3) is 0.500. The van der Waals surface area contributed by atoms with Crippen LogP contribution in [0.2, 0.25) is 0 Å². The van der Waals surface area contributed by atoms with Crippen molar-refractivity contribution in [3.05, 3.63) is 40.1 Å². The molecule has 0 saturated heterocycles. The lowest BCUT2D eigenvalue weighted by molar-refractivity contribution is 0.0695. The molecule has 2 aliphatic rings. The lowest BCUT2D eigenvalue weighted by atomic mass is 9.99. The highest BCUT2D eigenvalue weighted by atomic mass is 32.2. The summed E-state index contributed by atoms with van der Waals surface area (Å²) in [4.78, 5) is 12.5. The van der Waals surface area contributed by atoms with E-state index in [4.69, 9.17) is 0 Å². The maximum atomic E-state index is 12.5. The number of rotatable bonds is 4. The van der Waals surface area contributed by atoms with Gasteiger partial charge in [-0.25, -0.2) is 4.79 Å². The first kappa shape index (κ1) is 18.4. The number of carbonyl (C=O) groups is 1. The zero-order chi connectivity index (χ0) is 19.2. The van der Waals surface area contributed by atoms with E-state index in [9.17, 15) is 9.90 Å². The number of fused-ring (bicyclic) bond motifs is 2. The van der Waals surface area contributed by atoms with E-state index >= 15 is 0 Å². The van der Waals surface area contributed by atoms with E-state index in [1.165, 1.54) is 22.3 Å². The maximum absolute atomic E-state index is 12.5. The van der Waals surface area contributed by atoms with E-state index in [0.29, 0.717) is 10.7 Å². The Balaban J connectivity index is 1.47. The molecule has 0 unspecified atom stereocenters. The van der Waals surface area contributed by atoms with Crippen LogP contribution in [0.4, 0.5) is 10.5 Å². The Morgan fingerprint density at radius 3 is 2.33 bits per heavy atom. The van der Waals surface area contributed by atoms with Gasteiger partial charge >= 0.3 is 6.03 Å². The van der Waals surface area contributed by atoms with Gasteiger partial charge in [0.1, 0.15) is 10.6 Å². The molecule has 144 valence electrons. The maximum Gasteiger partial charge on any atom is 0.329 e. The molecule has 0 aliphatic heterocycles. The van der Waals surface area contributed by atoms with Crippen LogP contribution in [0, 0.1) is 0 Å². The molecule has 0 fully saturated rings. The van der Waals surface area contributed by atoms with E-state index in [1.807, 2.05) is 0 Å². The Morgan fingerprint density at radius 2 is 1.78 bits per heavy atom. The first-order chi connectivity index (χ1) is 12.8. The van der Waals surface area contributed by atoms with Crippen LogP contribution in [0.1, 0.15) is 54.6 Å². The van der Waals surface area contributed by atoms with E-state index in [2.05, 4.69) is 21.2 Å². The number of anilines is 1. The first-order valence-electron chi connectivity index (χ1n) is 9.50. The second kappa shape index (κ2) is 6.87. The number of nitrogens with one attached hydrogen (secondary N) is 2. The summed E-state index contributed by atoms with van der Waals surface area (Å²) in [7, 11) is 1.79. The summed E-state index contributed by atoms with van der Waals surface area (Å²) < 4.78 is 4.47. The summed E-state index contributed by atoms with van der Waals surface area (Å²) in [5.41, 5.74) is 6.19. The first-order valence-corrected chi connectivity index (χ1v) is 10.3. The Morgan fingerprint density at radius 1 is 1.15 bits per heavy atom. The molecule has 0 atom stereocenters. The van der Waals surface area contributed by atoms with Crippen molar-refractivity contribution in [3.63, 3.8) is 0 Å². The highest BCUT2D eigenvalue weighted by molar-refractivity contribution is 7.97. The predicted molar refractivity (Wildman–Crippen MR) is 107 cm³/mol. The molecule has 0 radical (unpaired) electrons. The number of aliphatic hydroxyl groups is 1. The number of hydrogen-bond acceptors (Lipinski definition) is 4. The minimum Gasteiger partial charge on any atom is -0.384 e. The van der Waals surface area contributed by atoms with Gasteiger partial charge < -0.3 is 10.4 Å². The quantitative estimate of drug-likeness (QED) is 0.703. The predicted octanol–water partition coefficient (Wildman–Crippen LogP) is 3.45. The SMILES string of the molecule is Cn1nc(SNC(=O)Nc2c3c(cc4c2CCC4)CCC3)cc1C(C)(C)O. The molecular formula is C20H26N4O2S. The van der Waals surface area contributed by atoms with E-state index < -0.39 is 5.60 Å². The van der Waals surface area contributed by atoms with Crippen molar-refractivity contribution in [3.8, 4) is 0 Å². The molecular weight excluding hydrogens is 360 g/mol. The van der Waals surface area contributed by atoms with Gasteiger partial charge in [-0.05, 0) is 80.7 Å².